The summed E-state index contributed by atoms with van der Waals surface area (Å²) >= 11 is 0. The Morgan fingerprint density at radius 2 is 1.85 bits per heavy atom. The van der Waals surface area contributed by atoms with Gasteiger partial charge in [-0.15, -0.1) is 10.2 Å². The van der Waals surface area contributed by atoms with Crippen molar-refractivity contribution < 1.29 is 9.53 Å². The molecule has 1 N–H and O–H groups in total. The fourth-order valence-electron chi connectivity index (χ4n) is 1.78. The van der Waals surface area contributed by atoms with Crippen LogP contribution < -0.4 is 5.32 Å². The largest absolute Gasteiger partial charge is 0.464 e. The molecule has 0 aliphatic rings. The van der Waals surface area contributed by atoms with Crippen LogP contribution in [0.25, 0.3) is 0 Å². The highest BCUT2D eigenvalue weighted by atomic mass is 16.5. The molecule has 0 aliphatic heterocycles. The van der Waals surface area contributed by atoms with Crippen molar-refractivity contribution in [1.29, 1.82) is 0 Å². The number of hydrogen-bond donors (Lipinski definition) is 1. The average Bonchev–Trinajstić information content (AvgIpc) is 2.48. The molecule has 0 spiro atoms. The molecule has 1 aromatic carbocycles. The number of benzene rings is 1. The molecular formula is C15H17N3O2. The zero-order chi connectivity index (χ0) is 14.5. The van der Waals surface area contributed by atoms with Crippen molar-refractivity contribution >= 4 is 11.8 Å². The van der Waals surface area contributed by atoms with Crippen LogP contribution in [0.4, 0.5) is 5.82 Å². The van der Waals surface area contributed by atoms with E-state index in [0.29, 0.717) is 5.82 Å². The lowest BCUT2D eigenvalue weighted by molar-refractivity contribution is 0.0593. The average molecular weight is 271 g/mol. The number of aromatic nitrogens is 2. The summed E-state index contributed by atoms with van der Waals surface area (Å²) in [6.07, 6.45) is 0. The summed E-state index contributed by atoms with van der Waals surface area (Å²) in [5.74, 6) is 0.126. The van der Waals surface area contributed by atoms with E-state index in [0.717, 1.165) is 5.56 Å². The number of anilines is 1. The molecule has 0 saturated carbocycles. The Bertz CT molecular complexity index is 579. The van der Waals surface area contributed by atoms with Crippen molar-refractivity contribution in [3.63, 3.8) is 0 Å². The van der Waals surface area contributed by atoms with Crippen molar-refractivity contribution in [1.82, 2.24) is 10.2 Å². The summed E-state index contributed by atoms with van der Waals surface area (Å²) in [5, 5.41) is 11.0. The summed E-state index contributed by atoms with van der Waals surface area (Å²) in [6, 6.07) is 11.7. The van der Waals surface area contributed by atoms with Gasteiger partial charge in [0.15, 0.2) is 5.69 Å². The standard InChI is InChI=1S/C15H17N3O2/c1-10-4-6-12(7-5-10)11(2)16-14-9-8-13(17-18-14)15(19)20-3/h4-9,11H,1-3H3,(H,16,18). The Morgan fingerprint density at radius 3 is 2.40 bits per heavy atom. The molecule has 0 aliphatic carbocycles. The van der Waals surface area contributed by atoms with Crippen molar-refractivity contribution in [2.75, 3.05) is 12.4 Å². The third-order valence-electron chi connectivity index (χ3n) is 3.00. The van der Waals surface area contributed by atoms with Crippen molar-refractivity contribution in [3.8, 4) is 0 Å². The molecule has 0 amide bonds. The van der Waals surface area contributed by atoms with Crippen LogP contribution in [0.1, 0.15) is 34.6 Å². The summed E-state index contributed by atoms with van der Waals surface area (Å²) < 4.78 is 4.58. The minimum Gasteiger partial charge on any atom is -0.464 e. The highest BCUT2D eigenvalue weighted by Crippen LogP contribution is 2.17. The van der Waals surface area contributed by atoms with E-state index >= 15 is 0 Å². The molecule has 104 valence electrons. The lowest BCUT2D eigenvalue weighted by atomic mass is 10.1. The van der Waals surface area contributed by atoms with Gasteiger partial charge in [0.1, 0.15) is 5.82 Å². The molecule has 1 heterocycles. The molecule has 1 unspecified atom stereocenters. The fraction of sp³-hybridized carbons (Fsp3) is 0.267. The predicted octanol–water partition coefficient (Wildman–Crippen LogP) is 2.74. The molecule has 0 bridgehead atoms. The van der Waals surface area contributed by atoms with Gasteiger partial charge in [-0.3, -0.25) is 0 Å². The molecular weight excluding hydrogens is 254 g/mol. The third-order valence-corrected chi connectivity index (χ3v) is 3.00. The third kappa shape index (κ3) is 3.32. The molecule has 2 aromatic rings. The van der Waals surface area contributed by atoms with Crippen molar-refractivity contribution in [2.45, 2.75) is 19.9 Å². The number of ether oxygens (including phenoxy) is 1. The van der Waals surface area contributed by atoms with E-state index in [1.165, 1.54) is 12.7 Å². The van der Waals surface area contributed by atoms with Crippen LogP contribution in [-0.2, 0) is 4.74 Å². The first-order chi connectivity index (χ1) is 9.60. The minimum absolute atomic E-state index is 0.105. The number of rotatable bonds is 4. The maximum Gasteiger partial charge on any atom is 0.358 e. The zero-order valence-corrected chi connectivity index (χ0v) is 11.8. The molecule has 5 heteroatoms. The lowest BCUT2D eigenvalue weighted by Gasteiger charge is -2.14. The van der Waals surface area contributed by atoms with Gasteiger partial charge in [-0.2, -0.15) is 0 Å². The molecule has 20 heavy (non-hydrogen) atoms. The summed E-state index contributed by atoms with van der Waals surface area (Å²) in [7, 11) is 1.32. The fourth-order valence-corrected chi connectivity index (χ4v) is 1.78. The van der Waals surface area contributed by atoms with E-state index in [1.807, 2.05) is 6.92 Å². The summed E-state index contributed by atoms with van der Waals surface area (Å²) in [5.41, 5.74) is 2.58. The number of hydrogen-bond acceptors (Lipinski definition) is 5. The van der Waals surface area contributed by atoms with E-state index in [1.54, 1.807) is 12.1 Å². The van der Waals surface area contributed by atoms with Gasteiger partial charge in [0, 0.05) is 6.04 Å². The van der Waals surface area contributed by atoms with Gasteiger partial charge in [0.25, 0.3) is 0 Å². The van der Waals surface area contributed by atoms with Gasteiger partial charge in [-0.1, -0.05) is 29.8 Å². The van der Waals surface area contributed by atoms with E-state index in [-0.39, 0.29) is 11.7 Å². The number of esters is 1. The number of nitrogens with one attached hydrogen (secondary N) is 1. The Balaban J connectivity index is 2.06. The Labute approximate surface area is 118 Å². The van der Waals surface area contributed by atoms with Crippen molar-refractivity contribution in [3.05, 3.63) is 53.2 Å². The van der Waals surface area contributed by atoms with Gasteiger partial charge >= 0.3 is 5.97 Å². The molecule has 1 atom stereocenters. The quantitative estimate of drug-likeness (QED) is 0.866. The maximum atomic E-state index is 11.3. The molecule has 2 rings (SSSR count). The second-order valence-corrected chi connectivity index (χ2v) is 4.57. The second kappa shape index (κ2) is 6.14. The van der Waals surface area contributed by atoms with Crippen LogP contribution >= 0.6 is 0 Å². The van der Waals surface area contributed by atoms with Gasteiger partial charge < -0.3 is 10.1 Å². The number of aryl methyl sites for hydroxylation is 1. The topological polar surface area (TPSA) is 64.1 Å². The Kier molecular flexibility index (Phi) is 4.30. The number of methoxy groups -OCH3 is 1. The first-order valence-corrected chi connectivity index (χ1v) is 6.35. The summed E-state index contributed by atoms with van der Waals surface area (Å²) in [4.78, 5) is 11.3. The van der Waals surface area contributed by atoms with E-state index in [9.17, 15) is 4.79 Å². The van der Waals surface area contributed by atoms with E-state index in [2.05, 4.69) is 51.4 Å². The smallest absolute Gasteiger partial charge is 0.358 e. The lowest BCUT2D eigenvalue weighted by Crippen LogP contribution is -2.10. The molecule has 0 saturated heterocycles. The number of carbonyl (C=O) groups is 1. The Hall–Kier alpha value is -2.43. The maximum absolute atomic E-state index is 11.3. The van der Waals surface area contributed by atoms with Crippen molar-refractivity contribution in [2.24, 2.45) is 0 Å². The zero-order valence-electron chi connectivity index (χ0n) is 11.8. The molecule has 0 radical (unpaired) electrons. The number of nitrogens with zero attached hydrogens (tertiary/aromatic N) is 2. The van der Waals surface area contributed by atoms with E-state index in [4.69, 9.17) is 0 Å². The SMILES string of the molecule is COC(=O)c1ccc(NC(C)c2ccc(C)cc2)nn1. The molecule has 5 nitrogen and oxygen atoms in total. The van der Waals surface area contributed by atoms with Crippen LogP contribution in [-0.4, -0.2) is 23.3 Å². The van der Waals surface area contributed by atoms with Crippen LogP contribution in [0.15, 0.2) is 36.4 Å². The monoisotopic (exact) mass is 271 g/mol. The van der Waals surface area contributed by atoms with Gasteiger partial charge in [0.2, 0.25) is 0 Å². The Morgan fingerprint density at radius 1 is 1.15 bits per heavy atom. The molecule has 1 aromatic heterocycles. The number of carbonyl (C=O) groups excluding carboxylic acids is 1. The van der Waals surface area contributed by atoms with Gasteiger partial charge in [0.05, 0.1) is 7.11 Å². The first-order valence-electron chi connectivity index (χ1n) is 6.35. The second-order valence-electron chi connectivity index (χ2n) is 4.57. The highest BCUT2D eigenvalue weighted by Gasteiger charge is 2.09. The predicted molar refractivity (Wildman–Crippen MR) is 76.6 cm³/mol. The van der Waals surface area contributed by atoms with E-state index < -0.39 is 5.97 Å². The summed E-state index contributed by atoms with van der Waals surface area (Å²) in [6.45, 7) is 4.10. The molecule has 0 fully saturated rings. The van der Waals surface area contributed by atoms with Gasteiger partial charge in [-0.05, 0) is 31.5 Å². The van der Waals surface area contributed by atoms with Crippen LogP contribution in [0, 0.1) is 6.92 Å². The highest BCUT2D eigenvalue weighted by molar-refractivity contribution is 5.86. The first kappa shape index (κ1) is 14.0. The normalized spacial score (nSPS) is 11.8. The van der Waals surface area contributed by atoms with Crippen LogP contribution in [0.3, 0.4) is 0 Å². The van der Waals surface area contributed by atoms with Gasteiger partial charge in [-0.25, -0.2) is 4.79 Å². The van der Waals surface area contributed by atoms with Crippen LogP contribution in [0.5, 0.6) is 0 Å². The minimum atomic E-state index is -0.490. The van der Waals surface area contributed by atoms with Crippen LogP contribution in [0.2, 0.25) is 0 Å².